The molecule has 8 heteroatoms. The predicted octanol–water partition coefficient (Wildman–Crippen LogP) is 1.18. The zero-order valence-electron chi connectivity index (χ0n) is 12.8. The molecular weight excluding hydrogens is 290 g/mol. The van der Waals surface area contributed by atoms with Gasteiger partial charge < -0.3 is 14.9 Å². The molecule has 0 atom stereocenters. The molecule has 0 unspecified atom stereocenters. The van der Waals surface area contributed by atoms with E-state index in [9.17, 15) is 4.79 Å². The average molecular weight is 313 g/mol. The highest BCUT2D eigenvalue weighted by molar-refractivity contribution is 7.99. The molecule has 0 bridgehead atoms. The van der Waals surface area contributed by atoms with E-state index in [0.717, 1.165) is 38.3 Å². The van der Waals surface area contributed by atoms with Crippen molar-refractivity contribution in [2.75, 3.05) is 44.9 Å². The first-order chi connectivity index (χ1) is 9.99. The van der Waals surface area contributed by atoms with Gasteiger partial charge in [0.05, 0.1) is 5.75 Å². The van der Waals surface area contributed by atoms with Gasteiger partial charge in [-0.3, -0.25) is 9.36 Å². The minimum absolute atomic E-state index is 0.0230. The number of nitrogens with zero attached hydrogens (tertiary/aromatic N) is 5. The zero-order chi connectivity index (χ0) is 15.4. The van der Waals surface area contributed by atoms with Crippen molar-refractivity contribution < 1.29 is 9.90 Å². The van der Waals surface area contributed by atoms with Gasteiger partial charge in [0.2, 0.25) is 5.95 Å². The maximum atomic E-state index is 10.7. The monoisotopic (exact) mass is 313 g/mol. The van der Waals surface area contributed by atoms with Crippen molar-refractivity contribution in [3.8, 4) is 0 Å². The number of aliphatic carboxylic acids is 1. The van der Waals surface area contributed by atoms with E-state index in [4.69, 9.17) is 5.11 Å². The predicted molar refractivity (Wildman–Crippen MR) is 83.1 cm³/mol. The van der Waals surface area contributed by atoms with Gasteiger partial charge in [-0.05, 0) is 39.9 Å². The van der Waals surface area contributed by atoms with Crippen molar-refractivity contribution in [2.45, 2.75) is 30.5 Å². The second-order valence-corrected chi connectivity index (χ2v) is 6.59. The Hall–Kier alpha value is -1.28. The van der Waals surface area contributed by atoms with E-state index >= 15 is 0 Å². The Labute approximate surface area is 129 Å². The van der Waals surface area contributed by atoms with Gasteiger partial charge in [-0.2, -0.15) is 0 Å². The number of carbonyl (C=O) groups is 1. The van der Waals surface area contributed by atoms with Gasteiger partial charge in [0.25, 0.3) is 0 Å². The third kappa shape index (κ3) is 4.60. The molecule has 1 aromatic heterocycles. The number of carboxylic acid groups (broad SMARTS) is 1. The van der Waals surface area contributed by atoms with Gasteiger partial charge in [0.15, 0.2) is 5.16 Å². The second kappa shape index (κ2) is 7.13. The Kier molecular flexibility index (Phi) is 5.46. The summed E-state index contributed by atoms with van der Waals surface area (Å²) in [5.41, 5.74) is 0. The van der Waals surface area contributed by atoms with E-state index in [2.05, 4.69) is 38.7 Å². The summed E-state index contributed by atoms with van der Waals surface area (Å²) in [5, 5.41) is 18.0. The number of thioether (sulfide) groups is 1. The lowest BCUT2D eigenvalue weighted by Crippen LogP contribution is -2.26. The van der Waals surface area contributed by atoms with Gasteiger partial charge in [-0.15, -0.1) is 10.2 Å². The number of rotatable bonds is 9. The number of hydrogen-bond acceptors (Lipinski definition) is 6. The molecule has 118 valence electrons. The fourth-order valence-electron chi connectivity index (χ4n) is 2.13. The van der Waals surface area contributed by atoms with Crippen LogP contribution in [0.25, 0.3) is 0 Å². The molecule has 0 saturated heterocycles. The molecule has 1 aliphatic rings. The molecule has 1 aromatic rings. The first-order valence-electron chi connectivity index (χ1n) is 7.14. The first kappa shape index (κ1) is 16.1. The third-order valence-electron chi connectivity index (χ3n) is 3.32. The van der Waals surface area contributed by atoms with E-state index in [0.29, 0.717) is 11.2 Å². The number of aromatic nitrogens is 3. The summed E-state index contributed by atoms with van der Waals surface area (Å²) in [6.45, 7) is 1.94. The fourth-order valence-corrected chi connectivity index (χ4v) is 2.85. The first-order valence-corrected chi connectivity index (χ1v) is 8.13. The zero-order valence-corrected chi connectivity index (χ0v) is 13.6. The van der Waals surface area contributed by atoms with Gasteiger partial charge in [0, 0.05) is 19.6 Å². The summed E-state index contributed by atoms with van der Waals surface area (Å²) in [6, 6.07) is 0.433. The van der Waals surface area contributed by atoms with Crippen LogP contribution in [-0.4, -0.2) is 70.7 Å². The van der Waals surface area contributed by atoms with Crippen LogP contribution < -0.4 is 4.90 Å². The Morgan fingerprint density at radius 1 is 1.33 bits per heavy atom. The molecule has 1 aliphatic carbocycles. The largest absolute Gasteiger partial charge is 0.481 e. The minimum atomic E-state index is -0.828. The molecule has 0 radical (unpaired) electrons. The molecule has 0 aliphatic heterocycles. The van der Waals surface area contributed by atoms with Crippen LogP contribution in [0.2, 0.25) is 0 Å². The summed E-state index contributed by atoms with van der Waals surface area (Å²) in [7, 11) is 6.14. The Morgan fingerprint density at radius 3 is 2.62 bits per heavy atom. The SMILES string of the molecule is CN(C)CCCN(C)c1nnc(SCC(=O)O)n1C1CC1. The van der Waals surface area contributed by atoms with Crippen molar-refractivity contribution in [1.82, 2.24) is 19.7 Å². The maximum absolute atomic E-state index is 10.7. The standard InChI is InChI=1S/C13H23N5O2S/c1-16(2)7-4-8-17(3)12-14-15-13(21-9-11(19)20)18(12)10-5-6-10/h10H,4-9H2,1-3H3,(H,19,20). The van der Waals surface area contributed by atoms with Gasteiger partial charge in [-0.25, -0.2) is 0 Å². The summed E-state index contributed by atoms with van der Waals surface area (Å²) in [5.74, 6) is 0.0465. The van der Waals surface area contributed by atoms with Crippen LogP contribution in [0.5, 0.6) is 0 Å². The molecule has 0 aromatic carbocycles. The van der Waals surface area contributed by atoms with E-state index in [-0.39, 0.29) is 5.75 Å². The smallest absolute Gasteiger partial charge is 0.313 e. The Morgan fingerprint density at radius 2 is 2.05 bits per heavy atom. The quantitative estimate of drug-likeness (QED) is 0.686. The average Bonchev–Trinajstić information content (AvgIpc) is 3.15. The van der Waals surface area contributed by atoms with Crippen LogP contribution >= 0.6 is 11.8 Å². The normalized spacial score (nSPS) is 14.7. The fraction of sp³-hybridized carbons (Fsp3) is 0.769. The van der Waals surface area contributed by atoms with E-state index in [1.54, 1.807) is 0 Å². The molecule has 2 rings (SSSR count). The molecule has 1 N–H and O–H groups in total. The number of anilines is 1. The van der Waals surface area contributed by atoms with Crippen LogP contribution in [0.1, 0.15) is 25.3 Å². The molecule has 0 spiro atoms. The summed E-state index contributed by atoms with van der Waals surface area (Å²) < 4.78 is 2.10. The van der Waals surface area contributed by atoms with Gasteiger partial charge in [0.1, 0.15) is 0 Å². The Bertz CT molecular complexity index is 487. The molecule has 7 nitrogen and oxygen atoms in total. The molecular formula is C13H23N5O2S. The van der Waals surface area contributed by atoms with Crippen molar-refractivity contribution in [3.05, 3.63) is 0 Å². The van der Waals surface area contributed by atoms with Gasteiger partial charge >= 0.3 is 5.97 Å². The molecule has 1 fully saturated rings. The van der Waals surface area contributed by atoms with Crippen LogP contribution in [-0.2, 0) is 4.79 Å². The minimum Gasteiger partial charge on any atom is -0.481 e. The lowest BCUT2D eigenvalue weighted by molar-refractivity contribution is -0.133. The molecule has 1 heterocycles. The second-order valence-electron chi connectivity index (χ2n) is 5.64. The summed E-state index contributed by atoms with van der Waals surface area (Å²) in [4.78, 5) is 15.0. The highest BCUT2D eigenvalue weighted by Gasteiger charge is 2.31. The van der Waals surface area contributed by atoms with Crippen LogP contribution in [0, 0.1) is 0 Å². The number of carboxylic acids is 1. The van der Waals surface area contributed by atoms with Crippen molar-refractivity contribution in [1.29, 1.82) is 0 Å². The highest BCUT2D eigenvalue weighted by Crippen LogP contribution is 2.40. The molecule has 1 saturated carbocycles. The number of hydrogen-bond donors (Lipinski definition) is 1. The van der Waals surface area contributed by atoms with E-state index in [1.165, 1.54) is 11.8 Å². The topological polar surface area (TPSA) is 74.5 Å². The maximum Gasteiger partial charge on any atom is 0.313 e. The molecule has 0 amide bonds. The third-order valence-corrected chi connectivity index (χ3v) is 4.25. The van der Waals surface area contributed by atoms with Crippen LogP contribution in [0.15, 0.2) is 5.16 Å². The van der Waals surface area contributed by atoms with E-state index in [1.807, 2.05) is 7.05 Å². The van der Waals surface area contributed by atoms with Crippen molar-refractivity contribution in [2.24, 2.45) is 0 Å². The Balaban J connectivity index is 2.02. The van der Waals surface area contributed by atoms with Crippen LogP contribution in [0.3, 0.4) is 0 Å². The van der Waals surface area contributed by atoms with Crippen molar-refractivity contribution >= 4 is 23.7 Å². The van der Waals surface area contributed by atoms with Gasteiger partial charge in [-0.1, -0.05) is 11.8 Å². The van der Waals surface area contributed by atoms with Crippen molar-refractivity contribution in [3.63, 3.8) is 0 Å². The molecule has 21 heavy (non-hydrogen) atoms. The highest BCUT2D eigenvalue weighted by atomic mass is 32.2. The van der Waals surface area contributed by atoms with E-state index < -0.39 is 5.97 Å². The lowest BCUT2D eigenvalue weighted by Gasteiger charge is -2.20. The summed E-state index contributed by atoms with van der Waals surface area (Å²) >= 11 is 1.25. The lowest BCUT2D eigenvalue weighted by atomic mass is 10.4. The summed E-state index contributed by atoms with van der Waals surface area (Å²) in [6.07, 6.45) is 3.30. The van der Waals surface area contributed by atoms with Crippen LogP contribution in [0.4, 0.5) is 5.95 Å².